The molecule has 0 saturated carbocycles. The standard InChI is InChI=1S/C9H11BrFN.ClH/c10-8-4-2-1-3-7(8)9(12)5-6-11;/h1-4,9H,5-6,12H2;1H/t9-;/m1./s1. The molecule has 0 aliphatic carbocycles. The van der Waals surface area contributed by atoms with Crippen molar-refractivity contribution in [2.45, 2.75) is 12.5 Å². The van der Waals surface area contributed by atoms with Gasteiger partial charge in [-0.1, -0.05) is 34.1 Å². The molecule has 0 amide bonds. The Morgan fingerprint density at radius 1 is 1.38 bits per heavy atom. The largest absolute Gasteiger partial charge is 0.324 e. The van der Waals surface area contributed by atoms with E-state index in [1.807, 2.05) is 24.3 Å². The lowest BCUT2D eigenvalue weighted by Gasteiger charge is -2.11. The van der Waals surface area contributed by atoms with E-state index in [1.54, 1.807) is 0 Å². The fourth-order valence-electron chi connectivity index (χ4n) is 1.05. The van der Waals surface area contributed by atoms with Gasteiger partial charge in [0.15, 0.2) is 0 Å². The molecule has 0 unspecified atom stereocenters. The summed E-state index contributed by atoms with van der Waals surface area (Å²) >= 11 is 3.36. The van der Waals surface area contributed by atoms with Crippen LogP contribution in [-0.4, -0.2) is 6.67 Å². The average molecular weight is 269 g/mol. The second kappa shape index (κ2) is 6.35. The van der Waals surface area contributed by atoms with Crippen LogP contribution in [0, 0.1) is 0 Å². The molecule has 0 bridgehead atoms. The van der Waals surface area contributed by atoms with Gasteiger partial charge >= 0.3 is 0 Å². The van der Waals surface area contributed by atoms with Gasteiger partial charge < -0.3 is 5.73 Å². The lowest BCUT2D eigenvalue weighted by atomic mass is 10.1. The fraction of sp³-hybridized carbons (Fsp3) is 0.333. The number of halogens is 3. The van der Waals surface area contributed by atoms with Crippen molar-refractivity contribution in [2.75, 3.05) is 6.67 Å². The van der Waals surface area contributed by atoms with E-state index in [4.69, 9.17) is 5.73 Å². The van der Waals surface area contributed by atoms with Crippen LogP contribution in [0.5, 0.6) is 0 Å². The van der Waals surface area contributed by atoms with Crippen LogP contribution in [0.3, 0.4) is 0 Å². The first-order valence-electron chi connectivity index (χ1n) is 3.81. The van der Waals surface area contributed by atoms with Crippen LogP contribution in [0.4, 0.5) is 4.39 Å². The molecule has 0 aromatic heterocycles. The summed E-state index contributed by atoms with van der Waals surface area (Å²) in [5, 5.41) is 0. The highest BCUT2D eigenvalue weighted by Crippen LogP contribution is 2.23. The Labute approximate surface area is 92.1 Å². The number of hydrogen-bond acceptors (Lipinski definition) is 1. The summed E-state index contributed by atoms with van der Waals surface area (Å²) in [7, 11) is 0. The van der Waals surface area contributed by atoms with Gasteiger partial charge in [0, 0.05) is 10.5 Å². The van der Waals surface area contributed by atoms with Crippen molar-refractivity contribution < 1.29 is 4.39 Å². The summed E-state index contributed by atoms with van der Waals surface area (Å²) in [6.07, 6.45) is 0.378. The van der Waals surface area contributed by atoms with Crippen molar-refractivity contribution in [3.8, 4) is 0 Å². The first-order valence-corrected chi connectivity index (χ1v) is 4.61. The van der Waals surface area contributed by atoms with Crippen LogP contribution in [0.15, 0.2) is 28.7 Å². The van der Waals surface area contributed by atoms with Crippen molar-refractivity contribution in [3.63, 3.8) is 0 Å². The van der Waals surface area contributed by atoms with Crippen molar-refractivity contribution >= 4 is 28.3 Å². The summed E-state index contributed by atoms with van der Waals surface area (Å²) in [6.45, 7) is -0.373. The Bertz CT molecular complexity index is 257. The maximum absolute atomic E-state index is 12.0. The lowest BCUT2D eigenvalue weighted by molar-refractivity contribution is 0.441. The van der Waals surface area contributed by atoms with Gasteiger partial charge in [0.1, 0.15) is 0 Å². The van der Waals surface area contributed by atoms with Crippen molar-refractivity contribution in [1.29, 1.82) is 0 Å². The monoisotopic (exact) mass is 267 g/mol. The average Bonchev–Trinajstić information content (AvgIpc) is 2.05. The fourth-order valence-corrected chi connectivity index (χ4v) is 1.63. The van der Waals surface area contributed by atoms with Crippen LogP contribution >= 0.6 is 28.3 Å². The van der Waals surface area contributed by atoms with Crippen molar-refractivity contribution in [2.24, 2.45) is 5.73 Å². The highest BCUT2D eigenvalue weighted by atomic mass is 79.9. The minimum atomic E-state index is -0.373. The highest BCUT2D eigenvalue weighted by molar-refractivity contribution is 9.10. The zero-order valence-corrected chi connectivity index (χ0v) is 9.44. The molecule has 0 fully saturated rings. The smallest absolute Gasteiger partial charge is 0.0912 e. The molecule has 4 heteroatoms. The van der Waals surface area contributed by atoms with E-state index in [0.717, 1.165) is 10.0 Å². The molecular weight excluding hydrogens is 256 g/mol. The van der Waals surface area contributed by atoms with E-state index in [0.29, 0.717) is 6.42 Å². The molecule has 1 rings (SSSR count). The van der Waals surface area contributed by atoms with Gasteiger partial charge in [-0.05, 0) is 18.1 Å². The third kappa shape index (κ3) is 3.63. The maximum Gasteiger partial charge on any atom is 0.0912 e. The summed E-state index contributed by atoms with van der Waals surface area (Å²) in [5.74, 6) is 0. The second-order valence-electron chi connectivity index (χ2n) is 2.61. The van der Waals surface area contributed by atoms with Crippen LogP contribution in [-0.2, 0) is 0 Å². The molecule has 1 aromatic rings. The van der Waals surface area contributed by atoms with E-state index in [1.165, 1.54) is 0 Å². The summed E-state index contributed by atoms with van der Waals surface area (Å²) in [5.41, 5.74) is 6.70. The van der Waals surface area contributed by atoms with E-state index < -0.39 is 0 Å². The highest BCUT2D eigenvalue weighted by Gasteiger charge is 2.07. The number of hydrogen-bond donors (Lipinski definition) is 1. The molecular formula is C9H12BrClFN. The van der Waals surface area contributed by atoms with E-state index in [2.05, 4.69) is 15.9 Å². The van der Waals surface area contributed by atoms with Gasteiger partial charge in [-0.2, -0.15) is 0 Å². The Hall–Kier alpha value is -0.120. The number of alkyl halides is 1. The minimum absolute atomic E-state index is 0. The van der Waals surface area contributed by atoms with Crippen molar-refractivity contribution in [1.82, 2.24) is 0 Å². The molecule has 1 nitrogen and oxygen atoms in total. The van der Waals surface area contributed by atoms with E-state index >= 15 is 0 Å². The van der Waals surface area contributed by atoms with Crippen LogP contribution in [0.1, 0.15) is 18.0 Å². The zero-order chi connectivity index (χ0) is 8.97. The molecule has 1 aromatic carbocycles. The third-order valence-electron chi connectivity index (χ3n) is 1.72. The Kier molecular flexibility index (Phi) is 6.29. The molecule has 0 aliphatic heterocycles. The molecule has 74 valence electrons. The van der Waals surface area contributed by atoms with Gasteiger partial charge in [0.25, 0.3) is 0 Å². The predicted octanol–water partition coefficient (Wildman–Crippen LogP) is 3.23. The van der Waals surface area contributed by atoms with Gasteiger partial charge in [0.2, 0.25) is 0 Å². The SMILES string of the molecule is Cl.N[C@H](CCF)c1ccccc1Br. The quantitative estimate of drug-likeness (QED) is 0.895. The van der Waals surface area contributed by atoms with E-state index in [-0.39, 0.29) is 25.1 Å². The number of nitrogens with two attached hydrogens (primary N) is 1. The second-order valence-corrected chi connectivity index (χ2v) is 3.46. The maximum atomic E-state index is 12.0. The molecule has 0 spiro atoms. The van der Waals surface area contributed by atoms with E-state index in [9.17, 15) is 4.39 Å². The Morgan fingerprint density at radius 3 is 2.54 bits per heavy atom. The lowest BCUT2D eigenvalue weighted by Crippen LogP contribution is -2.11. The Morgan fingerprint density at radius 2 is 2.00 bits per heavy atom. The molecule has 0 heterocycles. The van der Waals surface area contributed by atoms with Crippen LogP contribution in [0.2, 0.25) is 0 Å². The van der Waals surface area contributed by atoms with Gasteiger partial charge in [0.05, 0.1) is 6.67 Å². The molecule has 2 N–H and O–H groups in total. The van der Waals surface area contributed by atoms with Gasteiger partial charge in [-0.3, -0.25) is 4.39 Å². The predicted molar refractivity (Wildman–Crippen MR) is 58.9 cm³/mol. The summed E-state index contributed by atoms with van der Waals surface area (Å²) < 4.78 is 12.9. The number of rotatable bonds is 3. The minimum Gasteiger partial charge on any atom is -0.324 e. The third-order valence-corrected chi connectivity index (χ3v) is 2.45. The van der Waals surface area contributed by atoms with Gasteiger partial charge in [-0.15, -0.1) is 12.4 Å². The normalized spacial score (nSPS) is 11.9. The molecule has 0 saturated heterocycles. The summed E-state index contributed by atoms with van der Waals surface area (Å²) in [4.78, 5) is 0. The molecule has 1 atom stereocenters. The summed E-state index contributed by atoms with van der Waals surface area (Å²) in [6, 6.07) is 7.43. The number of benzene rings is 1. The first kappa shape index (κ1) is 12.9. The zero-order valence-electron chi connectivity index (χ0n) is 7.04. The van der Waals surface area contributed by atoms with Crippen molar-refractivity contribution in [3.05, 3.63) is 34.3 Å². The van der Waals surface area contributed by atoms with Gasteiger partial charge in [-0.25, -0.2) is 0 Å². The first-order chi connectivity index (χ1) is 5.75. The molecule has 0 radical (unpaired) electrons. The topological polar surface area (TPSA) is 26.0 Å². The molecule has 0 aliphatic rings. The molecule has 13 heavy (non-hydrogen) atoms. The van der Waals surface area contributed by atoms with Crippen LogP contribution in [0.25, 0.3) is 0 Å². The van der Waals surface area contributed by atoms with Crippen LogP contribution < -0.4 is 5.73 Å². The Balaban J connectivity index is 0.00000144.